The first-order valence-electron chi connectivity index (χ1n) is 12.6. The van der Waals surface area contributed by atoms with Gasteiger partial charge in [0.25, 0.3) is 0 Å². The molecular formula is C32H38N2O3. The van der Waals surface area contributed by atoms with E-state index in [1.165, 1.54) is 0 Å². The van der Waals surface area contributed by atoms with Crippen molar-refractivity contribution in [2.75, 3.05) is 14.2 Å². The summed E-state index contributed by atoms with van der Waals surface area (Å²) in [5.41, 5.74) is 6.08. The Kier molecular flexibility index (Phi) is 6.85. The zero-order valence-electron chi connectivity index (χ0n) is 23.4. The molecule has 5 nitrogen and oxygen atoms in total. The van der Waals surface area contributed by atoms with Crippen molar-refractivity contribution in [1.29, 1.82) is 0 Å². The maximum Gasteiger partial charge on any atom is 0.144 e. The number of benzene rings is 3. The van der Waals surface area contributed by atoms with Crippen LogP contribution in [0.5, 0.6) is 17.2 Å². The lowest BCUT2D eigenvalue weighted by Crippen LogP contribution is -2.17. The number of hydrogen-bond acceptors (Lipinski definition) is 4. The standard InChI is InChI=1S/C32H38N2O3/c1-31(2,3)22-18-25(29(35)26(19-22)32(4,5)6)30-33-27(20-12-10-14-23(16-20)36-8)28(34(30)7)21-13-11-15-24(17-21)37-9/h10-19,35H,1-9H3. The lowest BCUT2D eigenvalue weighted by atomic mass is 9.79. The predicted octanol–water partition coefficient (Wildman–Crippen LogP) is 7.74. The lowest BCUT2D eigenvalue weighted by molar-refractivity contribution is 0.415. The third-order valence-corrected chi connectivity index (χ3v) is 6.81. The van der Waals surface area contributed by atoms with Gasteiger partial charge in [-0.2, -0.15) is 0 Å². The van der Waals surface area contributed by atoms with Crippen molar-refractivity contribution >= 4 is 0 Å². The molecule has 0 saturated carbocycles. The fourth-order valence-electron chi connectivity index (χ4n) is 4.62. The van der Waals surface area contributed by atoms with E-state index in [2.05, 4.69) is 64.3 Å². The molecular weight excluding hydrogens is 460 g/mol. The van der Waals surface area contributed by atoms with Crippen LogP contribution in [0.4, 0.5) is 0 Å². The Balaban J connectivity index is 2.08. The second-order valence-corrected chi connectivity index (χ2v) is 11.6. The highest BCUT2D eigenvalue weighted by Crippen LogP contribution is 2.44. The summed E-state index contributed by atoms with van der Waals surface area (Å²) in [7, 11) is 5.33. The summed E-state index contributed by atoms with van der Waals surface area (Å²) in [6.45, 7) is 13.0. The average molecular weight is 499 g/mol. The summed E-state index contributed by atoms with van der Waals surface area (Å²) < 4.78 is 13.1. The molecule has 0 atom stereocenters. The van der Waals surface area contributed by atoms with E-state index < -0.39 is 0 Å². The zero-order valence-corrected chi connectivity index (χ0v) is 23.4. The molecule has 0 aliphatic rings. The van der Waals surface area contributed by atoms with Crippen molar-refractivity contribution in [2.45, 2.75) is 52.4 Å². The molecule has 0 bridgehead atoms. The lowest BCUT2D eigenvalue weighted by Gasteiger charge is -2.27. The third-order valence-electron chi connectivity index (χ3n) is 6.81. The molecule has 0 spiro atoms. The number of nitrogens with zero attached hydrogens (tertiary/aromatic N) is 2. The van der Waals surface area contributed by atoms with Crippen LogP contribution in [0.3, 0.4) is 0 Å². The van der Waals surface area contributed by atoms with Gasteiger partial charge in [0.15, 0.2) is 0 Å². The van der Waals surface area contributed by atoms with E-state index in [1.807, 2.05) is 49.5 Å². The van der Waals surface area contributed by atoms with Crippen LogP contribution in [-0.4, -0.2) is 28.9 Å². The van der Waals surface area contributed by atoms with Gasteiger partial charge in [0.2, 0.25) is 0 Å². The first-order valence-corrected chi connectivity index (χ1v) is 12.6. The summed E-state index contributed by atoms with van der Waals surface area (Å²) in [6.07, 6.45) is 0. The smallest absolute Gasteiger partial charge is 0.144 e. The molecule has 0 aliphatic carbocycles. The van der Waals surface area contributed by atoms with Crippen molar-refractivity contribution in [3.8, 4) is 51.2 Å². The molecule has 1 N–H and O–H groups in total. The molecule has 4 rings (SSSR count). The Morgan fingerprint density at radius 2 is 1.32 bits per heavy atom. The van der Waals surface area contributed by atoms with E-state index >= 15 is 0 Å². The maximum atomic E-state index is 11.6. The molecule has 37 heavy (non-hydrogen) atoms. The predicted molar refractivity (Wildman–Crippen MR) is 152 cm³/mol. The largest absolute Gasteiger partial charge is 0.507 e. The number of methoxy groups -OCH3 is 2. The molecule has 4 aromatic rings. The summed E-state index contributed by atoms with van der Waals surface area (Å²) in [5, 5.41) is 11.6. The molecule has 3 aromatic carbocycles. The van der Waals surface area contributed by atoms with E-state index in [1.54, 1.807) is 14.2 Å². The summed E-state index contributed by atoms with van der Waals surface area (Å²) in [4.78, 5) is 5.17. The fraction of sp³-hybridized carbons (Fsp3) is 0.344. The number of aromatic hydroxyl groups is 1. The second-order valence-electron chi connectivity index (χ2n) is 11.6. The van der Waals surface area contributed by atoms with Gasteiger partial charge in [-0.1, -0.05) is 71.9 Å². The van der Waals surface area contributed by atoms with Gasteiger partial charge in [-0.3, -0.25) is 0 Å². The van der Waals surface area contributed by atoms with Crippen molar-refractivity contribution in [2.24, 2.45) is 7.05 Å². The van der Waals surface area contributed by atoms with Crippen LogP contribution in [0.25, 0.3) is 33.9 Å². The van der Waals surface area contributed by atoms with Crippen molar-refractivity contribution in [1.82, 2.24) is 9.55 Å². The van der Waals surface area contributed by atoms with E-state index in [0.717, 1.165) is 50.7 Å². The third kappa shape index (κ3) is 5.08. The van der Waals surface area contributed by atoms with Crippen LogP contribution in [0.2, 0.25) is 0 Å². The van der Waals surface area contributed by atoms with Gasteiger partial charge >= 0.3 is 0 Å². The Hall–Kier alpha value is -3.73. The summed E-state index contributed by atoms with van der Waals surface area (Å²) in [5.74, 6) is 2.49. The molecule has 0 fully saturated rings. The van der Waals surface area contributed by atoms with E-state index in [4.69, 9.17) is 14.5 Å². The number of hydrogen-bond donors (Lipinski definition) is 1. The number of aromatic nitrogens is 2. The summed E-state index contributed by atoms with van der Waals surface area (Å²) >= 11 is 0. The number of rotatable bonds is 5. The highest BCUT2D eigenvalue weighted by molar-refractivity contribution is 5.84. The van der Waals surface area contributed by atoms with Gasteiger partial charge in [0, 0.05) is 23.7 Å². The minimum atomic E-state index is -0.240. The van der Waals surface area contributed by atoms with Crippen molar-refractivity contribution < 1.29 is 14.6 Å². The van der Waals surface area contributed by atoms with E-state index in [0.29, 0.717) is 5.82 Å². The minimum absolute atomic E-state index is 0.0983. The molecule has 0 unspecified atom stereocenters. The van der Waals surface area contributed by atoms with Crippen LogP contribution in [0.1, 0.15) is 52.7 Å². The molecule has 0 radical (unpaired) electrons. The highest BCUT2D eigenvalue weighted by Gasteiger charge is 2.28. The highest BCUT2D eigenvalue weighted by atomic mass is 16.5. The van der Waals surface area contributed by atoms with Crippen LogP contribution < -0.4 is 9.47 Å². The number of ether oxygens (including phenoxy) is 2. The number of phenolic OH excluding ortho intramolecular Hbond substituents is 1. The fourth-order valence-corrected chi connectivity index (χ4v) is 4.62. The van der Waals surface area contributed by atoms with Crippen LogP contribution >= 0.6 is 0 Å². The van der Waals surface area contributed by atoms with Gasteiger partial charge in [-0.15, -0.1) is 0 Å². The maximum absolute atomic E-state index is 11.6. The quantitative estimate of drug-likeness (QED) is 0.306. The molecule has 0 saturated heterocycles. The molecule has 5 heteroatoms. The first-order chi connectivity index (χ1) is 17.3. The molecule has 0 aliphatic heterocycles. The minimum Gasteiger partial charge on any atom is -0.507 e. The molecule has 1 aromatic heterocycles. The van der Waals surface area contributed by atoms with Crippen LogP contribution in [0, 0.1) is 0 Å². The number of imidazole rings is 1. The normalized spacial score (nSPS) is 12.0. The van der Waals surface area contributed by atoms with Crippen LogP contribution in [-0.2, 0) is 17.9 Å². The monoisotopic (exact) mass is 498 g/mol. The van der Waals surface area contributed by atoms with Gasteiger partial charge in [0.1, 0.15) is 23.1 Å². The van der Waals surface area contributed by atoms with E-state index in [-0.39, 0.29) is 16.6 Å². The topological polar surface area (TPSA) is 56.5 Å². The zero-order chi connectivity index (χ0) is 27.1. The SMILES string of the molecule is COc1cccc(-c2nc(-c3cc(C(C)(C)C)cc(C(C)(C)C)c3O)n(C)c2-c2cccc(OC)c2)c1. The van der Waals surface area contributed by atoms with E-state index in [9.17, 15) is 5.11 Å². The van der Waals surface area contributed by atoms with Gasteiger partial charge in [-0.25, -0.2) is 4.98 Å². The van der Waals surface area contributed by atoms with Crippen LogP contribution in [0.15, 0.2) is 60.7 Å². The first kappa shape index (κ1) is 26.3. The Bertz CT molecular complexity index is 1440. The van der Waals surface area contributed by atoms with Gasteiger partial charge < -0.3 is 19.1 Å². The number of phenols is 1. The molecule has 194 valence electrons. The molecule has 1 heterocycles. The second kappa shape index (κ2) is 9.62. The Labute approximate surface area is 220 Å². The van der Waals surface area contributed by atoms with Crippen molar-refractivity contribution in [3.63, 3.8) is 0 Å². The van der Waals surface area contributed by atoms with Gasteiger partial charge in [0.05, 0.1) is 31.2 Å². The van der Waals surface area contributed by atoms with Crippen molar-refractivity contribution in [3.05, 3.63) is 71.8 Å². The van der Waals surface area contributed by atoms with Gasteiger partial charge in [-0.05, 0) is 46.7 Å². The Morgan fingerprint density at radius 1 is 0.757 bits per heavy atom. The summed E-state index contributed by atoms with van der Waals surface area (Å²) in [6, 6.07) is 20.1. The molecule has 0 amide bonds. The Morgan fingerprint density at radius 3 is 1.86 bits per heavy atom. The average Bonchev–Trinajstić information content (AvgIpc) is 3.19.